The Hall–Kier alpha value is -1.67. The molecule has 0 N–H and O–H groups in total. The molecule has 0 saturated carbocycles. The molecule has 0 spiro atoms. The Morgan fingerprint density at radius 1 is 1.19 bits per heavy atom. The second-order valence-electron chi connectivity index (χ2n) is 6.53. The summed E-state index contributed by atoms with van der Waals surface area (Å²) in [4.78, 5) is 13.7. The fraction of sp³-hybridized carbons (Fsp3) is 0.688. The number of anilines is 1. The third kappa shape index (κ3) is 3.51. The summed E-state index contributed by atoms with van der Waals surface area (Å²) in [5.74, 6) is 1.23. The van der Waals surface area contributed by atoms with Crippen LogP contribution in [0.2, 0.25) is 0 Å². The highest BCUT2D eigenvalue weighted by atomic mass is 15.3. The summed E-state index contributed by atoms with van der Waals surface area (Å²) < 4.78 is 0. The molecule has 1 aromatic heterocycles. The van der Waals surface area contributed by atoms with Gasteiger partial charge in [-0.2, -0.15) is 5.26 Å². The van der Waals surface area contributed by atoms with Gasteiger partial charge in [-0.1, -0.05) is 13.8 Å². The molecule has 0 atom stereocenters. The molecule has 5 heteroatoms. The monoisotopic (exact) mass is 287 g/mol. The molecule has 0 unspecified atom stereocenters. The zero-order valence-corrected chi connectivity index (χ0v) is 13.7. The summed E-state index contributed by atoms with van der Waals surface area (Å²) in [5, 5.41) is 9.23. The van der Waals surface area contributed by atoms with Crippen LogP contribution in [0.1, 0.15) is 45.0 Å². The molecule has 0 amide bonds. The molecule has 2 rings (SSSR count). The SMILES string of the molecule is Cc1cc(C(C)C)nc(N2CCN(C(C)(C)C#N)CC2)n1. The highest BCUT2D eigenvalue weighted by Crippen LogP contribution is 2.20. The second-order valence-corrected chi connectivity index (χ2v) is 6.53. The van der Waals surface area contributed by atoms with Crippen LogP contribution in [0.5, 0.6) is 0 Å². The molecular weight excluding hydrogens is 262 g/mol. The van der Waals surface area contributed by atoms with Crippen LogP contribution in [0, 0.1) is 18.3 Å². The third-order valence-corrected chi connectivity index (χ3v) is 4.08. The first-order valence-electron chi connectivity index (χ1n) is 7.60. The molecule has 2 heterocycles. The van der Waals surface area contributed by atoms with Crippen molar-refractivity contribution >= 4 is 5.95 Å². The molecule has 1 fully saturated rings. The van der Waals surface area contributed by atoms with E-state index in [1.807, 2.05) is 20.8 Å². The molecule has 114 valence electrons. The molecule has 0 aromatic carbocycles. The Morgan fingerprint density at radius 2 is 1.81 bits per heavy atom. The van der Waals surface area contributed by atoms with E-state index in [0.717, 1.165) is 43.5 Å². The van der Waals surface area contributed by atoms with Gasteiger partial charge in [0.25, 0.3) is 0 Å². The van der Waals surface area contributed by atoms with Crippen LogP contribution in [-0.2, 0) is 0 Å². The van der Waals surface area contributed by atoms with Crippen molar-refractivity contribution in [2.75, 3.05) is 31.1 Å². The molecule has 1 aliphatic heterocycles. The number of rotatable bonds is 3. The van der Waals surface area contributed by atoms with Crippen molar-refractivity contribution in [2.45, 2.75) is 46.1 Å². The molecule has 0 aliphatic carbocycles. The summed E-state index contributed by atoms with van der Waals surface area (Å²) in [7, 11) is 0. The summed E-state index contributed by atoms with van der Waals surface area (Å²) >= 11 is 0. The van der Waals surface area contributed by atoms with Crippen molar-refractivity contribution in [3.63, 3.8) is 0 Å². The molecule has 1 saturated heterocycles. The molecule has 1 aromatic rings. The van der Waals surface area contributed by atoms with Gasteiger partial charge < -0.3 is 4.90 Å². The van der Waals surface area contributed by atoms with Crippen molar-refractivity contribution in [1.29, 1.82) is 5.26 Å². The van der Waals surface area contributed by atoms with E-state index in [4.69, 9.17) is 4.98 Å². The van der Waals surface area contributed by atoms with Gasteiger partial charge in [-0.15, -0.1) is 0 Å². The van der Waals surface area contributed by atoms with Gasteiger partial charge in [-0.05, 0) is 32.8 Å². The van der Waals surface area contributed by atoms with Gasteiger partial charge in [0.05, 0.1) is 6.07 Å². The maximum Gasteiger partial charge on any atom is 0.225 e. The van der Waals surface area contributed by atoms with Gasteiger partial charge >= 0.3 is 0 Å². The van der Waals surface area contributed by atoms with Crippen molar-refractivity contribution < 1.29 is 0 Å². The minimum atomic E-state index is -0.400. The predicted octanol–water partition coefficient (Wildman–Crippen LogP) is 2.33. The minimum absolute atomic E-state index is 0.400. The van der Waals surface area contributed by atoms with Gasteiger partial charge in [-0.3, -0.25) is 4.90 Å². The van der Waals surface area contributed by atoms with E-state index in [9.17, 15) is 5.26 Å². The summed E-state index contributed by atoms with van der Waals surface area (Å²) in [6.45, 7) is 13.7. The first-order valence-corrected chi connectivity index (χ1v) is 7.60. The zero-order valence-electron chi connectivity index (χ0n) is 13.7. The zero-order chi connectivity index (χ0) is 15.6. The summed E-state index contributed by atoms with van der Waals surface area (Å²) in [5.41, 5.74) is 1.71. The maximum atomic E-state index is 9.23. The Balaban J connectivity index is 2.11. The molecule has 0 bridgehead atoms. The summed E-state index contributed by atoms with van der Waals surface area (Å²) in [6, 6.07) is 4.43. The first-order chi connectivity index (χ1) is 9.83. The largest absolute Gasteiger partial charge is 0.338 e. The number of nitriles is 1. The van der Waals surface area contributed by atoms with E-state index in [1.54, 1.807) is 0 Å². The Bertz CT molecular complexity index is 536. The van der Waals surface area contributed by atoms with Crippen molar-refractivity contribution in [3.8, 4) is 6.07 Å². The highest BCUT2D eigenvalue weighted by molar-refractivity contribution is 5.34. The Morgan fingerprint density at radius 3 is 2.33 bits per heavy atom. The first kappa shape index (κ1) is 15.7. The van der Waals surface area contributed by atoms with Gasteiger partial charge in [-0.25, -0.2) is 9.97 Å². The third-order valence-electron chi connectivity index (χ3n) is 4.08. The van der Waals surface area contributed by atoms with Crippen LogP contribution in [0.15, 0.2) is 6.07 Å². The maximum absolute atomic E-state index is 9.23. The number of aryl methyl sites for hydroxylation is 1. The van der Waals surface area contributed by atoms with Gasteiger partial charge in [0.1, 0.15) is 5.54 Å². The Kier molecular flexibility index (Phi) is 4.48. The van der Waals surface area contributed by atoms with Crippen LogP contribution >= 0.6 is 0 Å². The fourth-order valence-corrected chi connectivity index (χ4v) is 2.55. The molecule has 1 aliphatic rings. The molecule has 21 heavy (non-hydrogen) atoms. The standard InChI is InChI=1S/C16H25N5/c1-12(2)14-10-13(3)18-15(19-14)20-6-8-21(9-7-20)16(4,5)11-17/h10,12H,6-9H2,1-5H3. The summed E-state index contributed by atoms with van der Waals surface area (Å²) in [6.07, 6.45) is 0. The van der Waals surface area contributed by atoms with Crippen LogP contribution < -0.4 is 4.90 Å². The smallest absolute Gasteiger partial charge is 0.225 e. The van der Waals surface area contributed by atoms with Gasteiger partial charge in [0.15, 0.2) is 0 Å². The van der Waals surface area contributed by atoms with Crippen LogP contribution in [0.3, 0.4) is 0 Å². The van der Waals surface area contributed by atoms with E-state index >= 15 is 0 Å². The van der Waals surface area contributed by atoms with Crippen molar-refractivity contribution in [1.82, 2.24) is 14.9 Å². The van der Waals surface area contributed by atoms with Crippen molar-refractivity contribution in [3.05, 3.63) is 17.5 Å². The van der Waals surface area contributed by atoms with Crippen molar-refractivity contribution in [2.24, 2.45) is 0 Å². The molecule has 0 radical (unpaired) electrons. The average Bonchev–Trinajstić information content (AvgIpc) is 2.46. The molecular formula is C16H25N5. The lowest BCUT2D eigenvalue weighted by Crippen LogP contribution is -2.54. The van der Waals surface area contributed by atoms with E-state index in [-0.39, 0.29) is 0 Å². The van der Waals surface area contributed by atoms with E-state index in [2.05, 4.69) is 40.8 Å². The van der Waals surface area contributed by atoms with E-state index in [1.165, 1.54) is 0 Å². The number of aromatic nitrogens is 2. The fourth-order valence-electron chi connectivity index (χ4n) is 2.55. The highest BCUT2D eigenvalue weighted by Gasteiger charge is 2.30. The van der Waals surface area contributed by atoms with E-state index in [0.29, 0.717) is 5.92 Å². The number of nitrogens with zero attached hydrogens (tertiary/aromatic N) is 5. The number of hydrogen-bond donors (Lipinski definition) is 0. The van der Waals surface area contributed by atoms with Crippen LogP contribution in [0.4, 0.5) is 5.95 Å². The predicted molar refractivity (Wildman–Crippen MR) is 84.3 cm³/mol. The topological polar surface area (TPSA) is 56.1 Å². The average molecular weight is 287 g/mol. The lowest BCUT2D eigenvalue weighted by Gasteiger charge is -2.40. The second kappa shape index (κ2) is 5.98. The van der Waals surface area contributed by atoms with Crippen LogP contribution in [0.25, 0.3) is 0 Å². The Labute approximate surface area is 127 Å². The normalized spacial score (nSPS) is 17.1. The minimum Gasteiger partial charge on any atom is -0.338 e. The quantitative estimate of drug-likeness (QED) is 0.854. The van der Waals surface area contributed by atoms with E-state index < -0.39 is 5.54 Å². The molecule has 5 nitrogen and oxygen atoms in total. The van der Waals surface area contributed by atoms with Crippen LogP contribution in [-0.4, -0.2) is 46.6 Å². The number of piperazine rings is 1. The lowest BCUT2D eigenvalue weighted by atomic mass is 10.0. The lowest BCUT2D eigenvalue weighted by molar-refractivity contribution is 0.157. The number of hydrogen-bond acceptors (Lipinski definition) is 5. The van der Waals surface area contributed by atoms with Gasteiger partial charge in [0, 0.05) is 37.6 Å². The van der Waals surface area contributed by atoms with Gasteiger partial charge in [0.2, 0.25) is 5.95 Å².